The smallest absolute Gasteiger partial charge is 0.328 e. The van der Waals surface area contributed by atoms with Gasteiger partial charge in [0.25, 0.3) is 0 Å². The number of aliphatic carboxylic acids is 1. The first-order chi connectivity index (χ1) is 9.10. The molecule has 1 aromatic carbocycles. The van der Waals surface area contributed by atoms with Crippen LogP contribution in [-0.2, 0) is 4.79 Å². The van der Waals surface area contributed by atoms with Crippen LogP contribution in [0.1, 0.15) is 25.3 Å². The van der Waals surface area contributed by atoms with Crippen LogP contribution in [0.25, 0.3) is 6.08 Å². The Balaban J connectivity index is 2.14. The Morgan fingerprint density at radius 3 is 2.79 bits per heavy atom. The van der Waals surface area contributed by atoms with Crippen molar-refractivity contribution < 1.29 is 9.90 Å². The molecule has 0 aliphatic heterocycles. The zero-order chi connectivity index (χ0) is 13.8. The molecule has 1 fully saturated rings. The summed E-state index contributed by atoms with van der Waals surface area (Å²) in [5.74, 6) is -0.0810. The van der Waals surface area contributed by atoms with Gasteiger partial charge in [-0.05, 0) is 65.4 Å². The van der Waals surface area contributed by atoms with E-state index in [4.69, 9.17) is 5.11 Å². The molecule has 1 aliphatic carbocycles. The summed E-state index contributed by atoms with van der Waals surface area (Å²) >= 11 is 3.58. The Labute approximate surface area is 122 Å². The van der Waals surface area contributed by atoms with Crippen molar-refractivity contribution in [2.24, 2.45) is 5.92 Å². The van der Waals surface area contributed by atoms with Gasteiger partial charge in [0.05, 0.1) is 5.69 Å². The lowest BCUT2D eigenvalue weighted by Gasteiger charge is -2.24. The number of hydrogen-bond acceptors (Lipinski definition) is 2. The maximum Gasteiger partial charge on any atom is 0.328 e. The summed E-state index contributed by atoms with van der Waals surface area (Å²) in [6.45, 7) is 4.26. The van der Waals surface area contributed by atoms with Crippen molar-refractivity contribution in [2.45, 2.75) is 19.8 Å². The number of anilines is 1. The second-order valence-corrected chi connectivity index (χ2v) is 5.72. The fourth-order valence-corrected chi connectivity index (χ4v) is 2.71. The molecule has 19 heavy (non-hydrogen) atoms. The number of halogens is 1. The van der Waals surface area contributed by atoms with Gasteiger partial charge in [0.1, 0.15) is 0 Å². The van der Waals surface area contributed by atoms with Gasteiger partial charge in [-0.2, -0.15) is 0 Å². The minimum absolute atomic E-state index is 0.846. The molecule has 0 spiro atoms. The van der Waals surface area contributed by atoms with Crippen molar-refractivity contribution in [1.82, 2.24) is 0 Å². The molecule has 0 heterocycles. The molecule has 0 aromatic heterocycles. The highest BCUT2D eigenvalue weighted by atomic mass is 79.9. The predicted molar refractivity (Wildman–Crippen MR) is 81.4 cm³/mol. The van der Waals surface area contributed by atoms with E-state index in [0.29, 0.717) is 0 Å². The third-order valence-corrected chi connectivity index (χ3v) is 3.92. The topological polar surface area (TPSA) is 40.5 Å². The summed E-state index contributed by atoms with van der Waals surface area (Å²) in [4.78, 5) is 12.9. The first-order valence-corrected chi connectivity index (χ1v) is 7.35. The monoisotopic (exact) mass is 323 g/mol. The molecule has 0 amide bonds. The van der Waals surface area contributed by atoms with Crippen LogP contribution in [0, 0.1) is 5.92 Å². The van der Waals surface area contributed by atoms with Crippen LogP contribution < -0.4 is 4.90 Å². The van der Waals surface area contributed by atoms with Crippen LogP contribution in [0.5, 0.6) is 0 Å². The van der Waals surface area contributed by atoms with Crippen LogP contribution in [0.4, 0.5) is 5.69 Å². The molecular formula is C15H18BrNO2. The third-order valence-electron chi connectivity index (χ3n) is 3.29. The summed E-state index contributed by atoms with van der Waals surface area (Å²) in [5.41, 5.74) is 2.07. The van der Waals surface area contributed by atoms with Crippen LogP contribution in [0.15, 0.2) is 28.7 Å². The molecule has 3 nitrogen and oxygen atoms in total. The van der Waals surface area contributed by atoms with Crippen molar-refractivity contribution in [2.75, 3.05) is 18.0 Å². The zero-order valence-corrected chi connectivity index (χ0v) is 12.6. The van der Waals surface area contributed by atoms with E-state index in [1.807, 2.05) is 12.1 Å². The lowest BCUT2D eigenvalue weighted by molar-refractivity contribution is -0.131. The molecule has 0 radical (unpaired) electrons. The van der Waals surface area contributed by atoms with Gasteiger partial charge in [0.2, 0.25) is 0 Å². The average molecular weight is 324 g/mol. The van der Waals surface area contributed by atoms with Crippen molar-refractivity contribution >= 4 is 33.7 Å². The average Bonchev–Trinajstić information content (AvgIpc) is 3.18. The Hall–Kier alpha value is -1.29. The van der Waals surface area contributed by atoms with E-state index in [1.165, 1.54) is 18.5 Å². The Morgan fingerprint density at radius 2 is 2.26 bits per heavy atom. The SMILES string of the molecule is CCN(CC1CC1)c1ccc(/C=C/C(=O)O)cc1Br. The molecule has 0 atom stereocenters. The van der Waals surface area contributed by atoms with Gasteiger partial charge >= 0.3 is 5.97 Å². The predicted octanol–water partition coefficient (Wildman–Crippen LogP) is 3.78. The van der Waals surface area contributed by atoms with E-state index in [1.54, 1.807) is 6.08 Å². The molecule has 1 aromatic rings. The normalized spacial score (nSPS) is 14.8. The summed E-state index contributed by atoms with van der Waals surface area (Å²) in [5, 5.41) is 8.62. The molecule has 1 saturated carbocycles. The summed E-state index contributed by atoms with van der Waals surface area (Å²) in [6.07, 6.45) is 5.44. The Bertz CT molecular complexity index is 495. The number of hydrogen-bond donors (Lipinski definition) is 1. The molecule has 2 rings (SSSR count). The van der Waals surface area contributed by atoms with Crippen molar-refractivity contribution in [3.8, 4) is 0 Å². The minimum atomic E-state index is -0.927. The summed E-state index contributed by atoms with van der Waals surface area (Å²) in [7, 11) is 0. The molecular weight excluding hydrogens is 306 g/mol. The highest BCUT2D eigenvalue weighted by Crippen LogP contribution is 2.34. The lowest BCUT2D eigenvalue weighted by Crippen LogP contribution is -2.25. The largest absolute Gasteiger partial charge is 0.478 e. The van der Waals surface area contributed by atoms with E-state index in [2.05, 4.69) is 33.8 Å². The van der Waals surface area contributed by atoms with Crippen LogP contribution in [0.3, 0.4) is 0 Å². The maximum absolute atomic E-state index is 10.5. The van der Waals surface area contributed by atoms with Crippen LogP contribution >= 0.6 is 15.9 Å². The maximum atomic E-state index is 10.5. The fourth-order valence-electron chi connectivity index (χ4n) is 2.06. The number of carboxylic acid groups (broad SMARTS) is 1. The van der Waals surface area contributed by atoms with Gasteiger partial charge in [0, 0.05) is 23.6 Å². The highest BCUT2D eigenvalue weighted by Gasteiger charge is 2.24. The van der Waals surface area contributed by atoms with Gasteiger partial charge in [-0.3, -0.25) is 0 Å². The van der Waals surface area contributed by atoms with Crippen LogP contribution in [-0.4, -0.2) is 24.2 Å². The Kier molecular flexibility index (Phi) is 4.64. The van der Waals surface area contributed by atoms with Gasteiger partial charge in [-0.25, -0.2) is 4.79 Å². The molecule has 1 aliphatic rings. The first-order valence-electron chi connectivity index (χ1n) is 6.55. The molecule has 0 bridgehead atoms. The van der Waals surface area contributed by atoms with E-state index >= 15 is 0 Å². The molecule has 0 saturated heterocycles. The number of nitrogens with zero attached hydrogens (tertiary/aromatic N) is 1. The van der Waals surface area contributed by atoms with Gasteiger partial charge < -0.3 is 10.0 Å². The van der Waals surface area contributed by atoms with Gasteiger partial charge in [-0.1, -0.05) is 6.07 Å². The van der Waals surface area contributed by atoms with E-state index < -0.39 is 5.97 Å². The van der Waals surface area contributed by atoms with Crippen molar-refractivity contribution in [1.29, 1.82) is 0 Å². The van der Waals surface area contributed by atoms with E-state index in [9.17, 15) is 4.79 Å². The highest BCUT2D eigenvalue weighted by molar-refractivity contribution is 9.10. The van der Waals surface area contributed by atoms with E-state index in [-0.39, 0.29) is 0 Å². The van der Waals surface area contributed by atoms with Crippen LogP contribution in [0.2, 0.25) is 0 Å². The number of benzene rings is 1. The Morgan fingerprint density at radius 1 is 1.53 bits per heavy atom. The third kappa shape index (κ3) is 4.10. The van der Waals surface area contributed by atoms with Crippen molar-refractivity contribution in [3.63, 3.8) is 0 Å². The molecule has 102 valence electrons. The van der Waals surface area contributed by atoms with Crippen molar-refractivity contribution in [3.05, 3.63) is 34.3 Å². The second kappa shape index (κ2) is 6.24. The number of carboxylic acids is 1. The molecule has 4 heteroatoms. The zero-order valence-electron chi connectivity index (χ0n) is 11.0. The molecule has 0 unspecified atom stereocenters. The summed E-state index contributed by atoms with van der Waals surface area (Å²) < 4.78 is 1.02. The first kappa shape index (κ1) is 14.1. The lowest BCUT2D eigenvalue weighted by atomic mass is 10.1. The number of carbonyl (C=O) groups is 1. The van der Waals surface area contributed by atoms with Gasteiger partial charge in [-0.15, -0.1) is 0 Å². The quantitative estimate of drug-likeness (QED) is 0.810. The second-order valence-electron chi connectivity index (χ2n) is 4.86. The standard InChI is InChI=1S/C15H18BrNO2/c1-2-17(10-12-3-4-12)14-7-5-11(9-13(14)16)6-8-15(18)19/h5-9,12H,2-4,10H2,1H3,(H,18,19)/b8-6+. The van der Waals surface area contributed by atoms with Gasteiger partial charge in [0.15, 0.2) is 0 Å². The number of rotatable bonds is 6. The van der Waals surface area contributed by atoms with E-state index in [0.717, 1.165) is 35.1 Å². The minimum Gasteiger partial charge on any atom is -0.478 e. The molecule has 1 N–H and O–H groups in total. The fraction of sp³-hybridized carbons (Fsp3) is 0.400. The summed E-state index contributed by atoms with van der Waals surface area (Å²) in [6, 6.07) is 5.97.